The van der Waals surface area contributed by atoms with Crippen molar-refractivity contribution in [3.63, 3.8) is 0 Å². The van der Waals surface area contributed by atoms with E-state index in [0.29, 0.717) is 5.69 Å². The molecule has 0 saturated carbocycles. The molecule has 8 heteroatoms. The van der Waals surface area contributed by atoms with Gasteiger partial charge in [-0.05, 0) is 30.3 Å². The second kappa shape index (κ2) is 6.04. The smallest absolute Gasteiger partial charge is 0.285 e. The van der Waals surface area contributed by atoms with Crippen LogP contribution in [0.25, 0.3) is 0 Å². The van der Waals surface area contributed by atoms with E-state index < -0.39 is 15.8 Å². The van der Waals surface area contributed by atoms with Crippen molar-refractivity contribution in [2.24, 2.45) is 4.40 Å². The summed E-state index contributed by atoms with van der Waals surface area (Å²) in [5.74, 6) is -0.974. The minimum Gasteiger partial charge on any atom is -0.494 e. The third kappa shape index (κ3) is 2.88. The lowest BCUT2D eigenvalue weighted by Crippen LogP contribution is -2.32. The van der Waals surface area contributed by atoms with Crippen LogP contribution in [-0.2, 0) is 10.0 Å². The highest BCUT2D eigenvalue weighted by molar-refractivity contribution is 7.90. The molecule has 1 heterocycles. The van der Waals surface area contributed by atoms with Crippen LogP contribution >= 0.6 is 0 Å². The first kappa shape index (κ1) is 16.1. The van der Waals surface area contributed by atoms with E-state index in [-0.39, 0.29) is 28.5 Å². The number of rotatable bonds is 4. The Bertz CT molecular complexity index is 941. The molecule has 0 aliphatic carbocycles. The van der Waals surface area contributed by atoms with Gasteiger partial charge in [0, 0.05) is 5.56 Å². The Morgan fingerprint density at radius 3 is 2.71 bits per heavy atom. The Kier molecular flexibility index (Phi) is 4.06. The van der Waals surface area contributed by atoms with Crippen molar-refractivity contribution in [2.75, 3.05) is 18.6 Å². The maximum absolute atomic E-state index is 13.7. The lowest BCUT2D eigenvalue weighted by atomic mass is 10.1. The number of para-hydroxylation sites is 1. The number of ether oxygens (including phenoxy) is 1. The Hall–Kier alpha value is -2.74. The van der Waals surface area contributed by atoms with Gasteiger partial charge >= 0.3 is 0 Å². The highest BCUT2D eigenvalue weighted by Crippen LogP contribution is 2.29. The number of Topliss-reactive ketones (excluding diaryl/α,β-unsaturated/α-hetero) is 1. The number of hydrogen-bond donors (Lipinski definition) is 0. The van der Waals surface area contributed by atoms with Crippen LogP contribution in [0.5, 0.6) is 5.75 Å². The number of ketones is 1. The van der Waals surface area contributed by atoms with Gasteiger partial charge in [-0.2, -0.15) is 8.42 Å². The maximum atomic E-state index is 13.7. The Labute approximate surface area is 138 Å². The molecule has 0 radical (unpaired) electrons. The van der Waals surface area contributed by atoms with Gasteiger partial charge in [-0.3, -0.25) is 4.79 Å². The molecule has 2 aromatic carbocycles. The summed E-state index contributed by atoms with van der Waals surface area (Å²) in [7, 11) is -2.42. The van der Waals surface area contributed by atoms with Crippen molar-refractivity contribution in [1.29, 1.82) is 0 Å². The number of sulfonamides is 1. The Balaban J connectivity index is 1.89. The van der Waals surface area contributed by atoms with Crippen LogP contribution in [0.2, 0.25) is 0 Å². The molecule has 0 bridgehead atoms. The number of benzene rings is 2. The minimum atomic E-state index is -3.75. The molecule has 0 N–H and O–H groups in total. The second-order valence-electron chi connectivity index (χ2n) is 5.06. The second-order valence-corrected chi connectivity index (χ2v) is 6.66. The topological polar surface area (TPSA) is 76.0 Å². The number of fused-ring (bicyclic) bond motifs is 1. The average molecular weight is 348 g/mol. The fourth-order valence-corrected chi connectivity index (χ4v) is 3.41. The SMILES string of the molecule is COc1ccc(C(=O)CN2C=NS(=O)(=O)c3ccccc32)cc1F. The first-order valence-corrected chi connectivity index (χ1v) is 8.39. The van der Waals surface area contributed by atoms with Crippen LogP contribution in [-0.4, -0.2) is 34.2 Å². The summed E-state index contributed by atoms with van der Waals surface area (Å²) < 4.78 is 45.9. The minimum absolute atomic E-state index is 0.0289. The van der Waals surface area contributed by atoms with Crippen molar-refractivity contribution in [1.82, 2.24) is 0 Å². The van der Waals surface area contributed by atoms with Gasteiger partial charge in [-0.15, -0.1) is 4.40 Å². The lowest BCUT2D eigenvalue weighted by Gasteiger charge is -2.24. The van der Waals surface area contributed by atoms with Crippen molar-refractivity contribution in [3.05, 3.63) is 53.8 Å². The Morgan fingerprint density at radius 2 is 2.00 bits per heavy atom. The molecule has 124 valence electrons. The highest BCUT2D eigenvalue weighted by Gasteiger charge is 2.26. The van der Waals surface area contributed by atoms with E-state index in [0.717, 1.165) is 12.4 Å². The van der Waals surface area contributed by atoms with Crippen LogP contribution in [0.15, 0.2) is 51.8 Å². The predicted molar refractivity (Wildman–Crippen MR) is 86.7 cm³/mol. The summed E-state index contributed by atoms with van der Waals surface area (Å²) in [6.07, 6.45) is 1.09. The summed E-state index contributed by atoms with van der Waals surface area (Å²) in [6.45, 7) is -0.165. The average Bonchev–Trinajstić information content (AvgIpc) is 2.57. The van der Waals surface area contributed by atoms with E-state index in [4.69, 9.17) is 4.74 Å². The molecule has 24 heavy (non-hydrogen) atoms. The molecular formula is C16H13FN2O4S. The van der Waals surface area contributed by atoms with E-state index in [2.05, 4.69) is 4.40 Å². The van der Waals surface area contributed by atoms with E-state index in [9.17, 15) is 17.6 Å². The number of anilines is 1. The molecule has 0 amide bonds. The molecule has 0 fully saturated rings. The van der Waals surface area contributed by atoms with Gasteiger partial charge in [0.2, 0.25) is 0 Å². The molecule has 3 rings (SSSR count). The van der Waals surface area contributed by atoms with Crippen LogP contribution in [0.3, 0.4) is 0 Å². The highest BCUT2D eigenvalue weighted by atomic mass is 32.2. The number of halogens is 1. The van der Waals surface area contributed by atoms with E-state index in [1.807, 2.05) is 0 Å². The monoisotopic (exact) mass is 348 g/mol. The van der Waals surface area contributed by atoms with Crippen LogP contribution in [0.1, 0.15) is 10.4 Å². The van der Waals surface area contributed by atoms with Gasteiger partial charge in [0.05, 0.1) is 19.3 Å². The van der Waals surface area contributed by atoms with Crippen LogP contribution in [0.4, 0.5) is 10.1 Å². The third-order valence-corrected chi connectivity index (χ3v) is 4.84. The van der Waals surface area contributed by atoms with Gasteiger partial charge in [0.1, 0.15) is 11.2 Å². The summed E-state index contributed by atoms with van der Waals surface area (Å²) in [5.41, 5.74) is 0.516. The largest absolute Gasteiger partial charge is 0.494 e. The molecular weight excluding hydrogens is 335 g/mol. The molecule has 1 aliphatic heterocycles. The standard InChI is InChI=1S/C16H13FN2O4S/c1-23-15-7-6-11(8-12(15)17)14(20)9-19-10-18-24(21,22)16-5-3-2-4-13(16)19/h2-8,10H,9H2,1H3. The molecule has 2 aromatic rings. The maximum Gasteiger partial charge on any atom is 0.285 e. The summed E-state index contributed by atoms with van der Waals surface area (Å²) in [4.78, 5) is 13.8. The molecule has 0 aromatic heterocycles. The number of hydrogen-bond acceptors (Lipinski definition) is 5. The van der Waals surface area contributed by atoms with Crippen molar-refractivity contribution in [3.8, 4) is 5.75 Å². The van der Waals surface area contributed by atoms with Gasteiger partial charge in [-0.25, -0.2) is 4.39 Å². The summed E-state index contributed by atoms with van der Waals surface area (Å²) in [6, 6.07) is 10.2. The first-order chi connectivity index (χ1) is 11.4. The van der Waals surface area contributed by atoms with Gasteiger partial charge in [0.25, 0.3) is 10.0 Å². The van der Waals surface area contributed by atoms with Gasteiger partial charge in [-0.1, -0.05) is 12.1 Å². The number of carbonyl (C=O) groups excluding carboxylic acids is 1. The fourth-order valence-electron chi connectivity index (χ4n) is 2.36. The van der Waals surface area contributed by atoms with Crippen molar-refractivity contribution < 1.29 is 22.3 Å². The molecule has 0 unspecified atom stereocenters. The van der Waals surface area contributed by atoms with Gasteiger partial charge in [0.15, 0.2) is 17.3 Å². The molecule has 6 nitrogen and oxygen atoms in total. The summed E-state index contributed by atoms with van der Waals surface area (Å²) >= 11 is 0. The quantitative estimate of drug-likeness (QED) is 0.792. The molecule has 0 saturated heterocycles. The zero-order chi connectivity index (χ0) is 17.3. The zero-order valence-electron chi connectivity index (χ0n) is 12.6. The molecule has 0 atom stereocenters. The molecule has 1 aliphatic rings. The van der Waals surface area contributed by atoms with E-state index in [1.165, 1.54) is 30.2 Å². The van der Waals surface area contributed by atoms with Crippen molar-refractivity contribution in [2.45, 2.75) is 4.90 Å². The number of methoxy groups -OCH3 is 1. The van der Waals surface area contributed by atoms with Crippen molar-refractivity contribution >= 4 is 27.8 Å². The van der Waals surface area contributed by atoms with E-state index in [1.54, 1.807) is 18.2 Å². The van der Waals surface area contributed by atoms with Crippen LogP contribution in [0, 0.1) is 5.82 Å². The Morgan fingerprint density at radius 1 is 1.25 bits per heavy atom. The number of nitrogens with zero attached hydrogens (tertiary/aromatic N) is 2. The number of carbonyl (C=O) groups is 1. The fraction of sp³-hybridized carbons (Fsp3) is 0.125. The summed E-state index contributed by atoms with van der Waals surface area (Å²) in [5, 5.41) is 0. The van der Waals surface area contributed by atoms with E-state index >= 15 is 0 Å². The third-order valence-electron chi connectivity index (χ3n) is 3.57. The first-order valence-electron chi connectivity index (χ1n) is 6.95. The normalized spacial score (nSPS) is 15.0. The van der Waals surface area contributed by atoms with Gasteiger partial charge < -0.3 is 9.64 Å². The van der Waals surface area contributed by atoms with Crippen LogP contribution < -0.4 is 9.64 Å². The predicted octanol–water partition coefficient (Wildman–Crippen LogP) is 2.25. The molecule has 0 spiro atoms. The zero-order valence-corrected chi connectivity index (χ0v) is 13.5. The lowest BCUT2D eigenvalue weighted by molar-refractivity contribution is 0.100.